The Morgan fingerprint density at radius 3 is 2.50 bits per heavy atom. The lowest BCUT2D eigenvalue weighted by Crippen LogP contribution is -2.13. The molecule has 0 bridgehead atoms. The Morgan fingerprint density at radius 1 is 1.14 bits per heavy atom. The first-order chi connectivity index (χ1) is 13.2. The van der Waals surface area contributed by atoms with Crippen LogP contribution in [0, 0.1) is 13.8 Å². The van der Waals surface area contributed by atoms with Crippen molar-refractivity contribution in [3.8, 4) is 0 Å². The average Bonchev–Trinajstić information content (AvgIpc) is 2.87. The lowest BCUT2D eigenvalue weighted by atomic mass is 9.97. The number of rotatable bonds is 6. The van der Waals surface area contributed by atoms with E-state index < -0.39 is 0 Å². The molecule has 0 aliphatic carbocycles. The standard InChI is InChI=1S/C21H23ClN4O2/c1-11(2)16-10-17(24-21-20(16)13(4)25-26(21)5)18(28)9-15(27)7-14-6-12(3)23-19(22)8-14/h6,8,10-11H,7,9H2,1-5H3. The van der Waals surface area contributed by atoms with Crippen LogP contribution in [0.5, 0.6) is 0 Å². The molecule has 7 heteroatoms. The van der Waals surface area contributed by atoms with E-state index in [1.54, 1.807) is 29.9 Å². The highest BCUT2D eigenvalue weighted by molar-refractivity contribution is 6.29. The van der Waals surface area contributed by atoms with Gasteiger partial charge in [0.1, 0.15) is 16.6 Å². The topological polar surface area (TPSA) is 77.7 Å². The number of carbonyl (C=O) groups is 2. The van der Waals surface area contributed by atoms with Crippen LogP contribution < -0.4 is 0 Å². The number of halogens is 1. The maximum Gasteiger partial charge on any atom is 0.188 e. The first kappa shape index (κ1) is 20.1. The molecule has 146 valence electrons. The number of aromatic nitrogens is 4. The molecule has 0 fully saturated rings. The van der Waals surface area contributed by atoms with E-state index in [1.165, 1.54) is 0 Å². The van der Waals surface area contributed by atoms with Crippen molar-refractivity contribution >= 4 is 34.2 Å². The first-order valence-electron chi connectivity index (χ1n) is 9.18. The maximum atomic E-state index is 12.8. The minimum Gasteiger partial charge on any atom is -0.299 e. The second-order valence-corrected chi connectivity index (χ2v) is 7.80. The zero-order valence-electron chi connectivity index (χ0n) is 16.7. The van der Waals surface area contributed by atoms with Gasteiger partial charge in [0.05, 0.1) is 12.1 Å². The quantitative estimate of drug-likeness (QED) is 0.354. The first-order valence-corrected chi connectivity index (χ1v) is 9.55. The van der Waals surface area contributed by atoms with Crippen molar-refractivity contribution in [3.05, 3.63) is 51.6 Å². The number of nitrogens with zero attached hydrogens (tertiary/aromatic N) is 4. The van der Waals surface area contributed by atoms with Gasteiger partial charge in [0.2, 0.25) is 0 Å². The van der Waals surface area contributed by atoms with Gasteiger partial charge >= 0.3 is 0 Å². The summed E-state index contributed by atoms with van der Waals surface area (Å²) < 4.78 is 1.68. The molecule has 3 aromatic heterocycles. The van der Waals surface area contributed by atoms with Crippen LogP contribution in [0.2, 0.25) is 5.15 Å². The van der Waals surface area contributed by atoms with Crippen LogP contribution in [0.1, 0.15) is 59.2 Å². The van der Waals surface area contributed by atoms with Crippen molar-refractivity contribution < 1.29 is 9.59 Å². The van der Waals surface area contributed by atoms with Gasteiger partial charge in [-0.25, -0.2) is 9.97 Å². The molecule has 0 aromatic carbocycles. The number of carbonyl (C=O) groups excluding carboxylic acids is 2. The van der Waals surface area contributed by atoms with Crippen molar-refractivity contribution in [2.45, 2.75) is 46.5 Å². The van der Waals surface area contributed by atoms with E-state index in [0.717, 1.165) is 27.9 Å². The summed E-state index contributed by atoms with van der Waals surface area (Å²) in [6.07, 6.45) is -0.0647. The molecule has 0 aliphatic rings. The van der Waals surface area contributed by atoms with Crippen molar-refractivity contribution in [1.82, 2.24) is 19.7 Å². The summed E-state index contributed by atoms with van der Waals surface area (Å²) in [6, 6.07) is 5.25. The third-order valence-corrected chi connectivity index (χ3v) is 4.84. The van der Waals surface area contributed by atoms with E-state index in [0.29, 0.717) is 16.5 Å². The summed E-state index contributed by atoms with van der Waals surface area (Å²) >= 11 is 5.95. The summed E-state index contributed by atoms with van der Waals surface area (Å²) in [5.74, 6) is -0.261. The Kier molecular flexibility index (Phi) is 5.61. The molecule has 3 aromatic rings. The van der Waals surface area contributed by atoms with Gasteiger partial charge < -0.3 is 0 Å². The second kappa shape index (κ2) is 7.80. The third kappa shape index (κ3) is 4.12. The molecule has 0 N–H and O–H groups in total. The minimum atomic E-state index is -0.287. The lowest BCUT2D eigenvalue weighted by molar-refractivity contribution is -0.117. The van der Waals surface area contributed by atoms with Crippen LogP contribution in [0.3, 0.4) is 0 Å². The molecule has 0 radical (unpaired) electrons. The summed E-state index contributed by atoms with van der Waals surface area (Å²) in [5, 5.41) is 5.74. The van der Waals surface area contributed by atoms with Gasteiger partial charge in [-0.2, -0.15) is 5.10 Å². The van der Waals surface area contributed by atoms with E-state index >= 15 is 0 Å². The molecule has 0 unspecified atom stereocenters. The summed E-state index contributed by atoms with van der Waals surface area (Å²) in [6.45, 7) is 7.88. The molecule has 0 saturated carbocycles. The van der Waals surface area contributed by atoms with Crippen LogP contribution in [0.15, 0.2) is 18.2 Å². The molecular weight excluding hydrogens is 376 g/mol. The highest BCUT2D eigenvalue weighted by Gasteiger charge is 2.20. The Balaban J connectivity index is 1.87. The Bertz CT molecular complexity index is 1070. The maximum absolute atomic E-state index is 12.8. The summed E-state index contributed by atoms with van der Waals surface area (Å²) in [5.41, 5.74) is 4.36. The van der Waals surface area contributed by atoms with Crippen molar-refractivity contribution in [1.29, 1.82) is 0 Å². The number of hydrogen-bond acceptors (Lipinski definition) is 5. The van der Waals surface area contributed by atoms with Crippen molar-refractivity contribution in [2.24, 2.45) is 7.05 Å². The number of fused-ring (bicyclic) bond motifs is 1. The van der Waals surface area contributed by atoms with E-state index in [9.17, 15) is 9.59 Å². The molecule has 3 heterocycles. The smallest absolute Gasteiger partial charge is 0.188 e. The molecule has 0 aliphatic heterocycles. The fourth-order valence-corrected chi connectivity index (χ4v) is 3.71. The molecular formula is C21H23ClN4O2. The van der Waals surface area contributed by atoms with Gasteiger partial charge in [0, 0.05) is 24.5 Å². The van der Waals surface area contributed by atoms with E-state index in [-0.39, 0.29) is 30.3 Å². The number of ketones is 2. The molecule has 0 saturated heterocycles. The van der Waals surface area contributed by atoms with Crippen molar-refractivity contribution in [2.75, 3.05) is 0 Å². The number of hydrogen-bond donors (Lipinski definition) is 0. The van der Waals surface area contributed by atoms with Gasteiger partial charge in [0.25, 0.3) is 0 Å². The van der Waals surface area contributed by atoms with Crippen LogP contribution in [0.25, 0.3) is 11.0 Å². The average molecular weight is 399 g/mol. The molecule has 0 atom stereocenters. The third-order valence-electron chi connectivity index (χ3n) is 4.65. The van der Waals surface area contributed by atoms with Gasteiger partial charge in [-0.1, -0.05) is 25.4 Å². The Labute approximate surface area is 168 Å². The van der Waals surface area contributed by atoms with Crippen molar-refractivity contribution in [3.63, 3.8) is 0 Å². The second-order valence-electron chi connectivity index (χ2n) is 7.41. The number of Topliss-reactive ketones (excluding diaryl/α,β-unsaturated/α-hetero) is 2. The van der Waals surface area contributed by atoms with Gasteiger partial charge in [0.15, 0.2) is 11.4 Å². The Hall–Kier alpha value is -2.60. The van der Waals surface area contributed by atoms with Crippen LogP contribution >= 0.6 is 11.6 Å². The summed E-state index contributed by atoms with van der Waals surface area (Å²) in [7, 11) is 1.81. The molecule has 0 amide bonds. The molecule has 3 rings (SSSR count). The van der Waals surface area contributed by atoms with E-state index in [2.05, 4.69) is 28.9 Å². The van der Waals surface area contributed by atoms with Crippen LogP contribution in [-0.4, -0.2) is 31.3 Å². The monoisotopic (exact) mass is 398 g/mol. The van der Waals surface area contributed by atoms with E-state index in [1.807, 2.05) is 13.8 Å². The van der Waals surface area contributed by atoms with Crippen LogP contribution in [0.4, 0.5) is 0 Å². The zero-order valence-corrected chi connectivity index (χ0v) is 17.5. The number of pyridine rings is 2. The highest BCUT2D eigenvalue weighted by Crippen LogP contribution is 2.28. The predicted molar refractivity (Wildman–Crippen MR) is 109 cm³/mol. The SMILES string of the molecule is Cc1cc(CC(=O)CC(=O)c2cc(C(C)C)c3c(C)nn(C)c3n2)cc(Cl)n1. The van der Waals surface area contributed by atoms with E-state index in [4.69, 9.17) is 11.6 Å². The summed E-state index contributed by atoms with van der Waals surface area (Å²) in [4.78, 5) is 33.8. The van der Waals surface area contributed by atoms with Crippen LogP contribution in [-0.2, 0) is 18.3 Å². The molecule has 0 spiro atoms. The predicted octanol–water partition coefficient (Wildman–Crippen LogP) is 4.14. The minimum absolute atomic E-state index is 0.138. The lowest BCUT2D eigenvalue weighted by Gasteiger charge is -2.10. The van der Waals surface area contributed by atoms with Gasteiger partial charge in [-0.15, -0.1) is 0 Å². The van der Waals surface area contributed by atoms with Gasteiger partial charge in [-0.3, -0.25) is 14.3 Å². The zero-order chi connectivity index (χ0) is 20.6. The molecule has 28 heavy (non-hydrogen) atoms. The fraction of sp³-hybridized carbons (Fsp3) is 0.381. The highest BCUT2D eigenvalue weighted by atomic mass is 35.5. The Morgan fingerprint density at radius 2 is 1.86 bits per heavy atom. The normalized spacial score (nSPS) is 11.4. The molecule has 6 nitrogen and oxygen atoms in total. The van der Waals surface area contributed by atoms with Gasteiger partial charge in [-0.05, 0) is 49.1 Å². The fourth-order valence-electron chi connectivity index (χ4n) is 3.43. The largest absolute Gasteiger partial charge is 0.299 e. The number of aryl methyl sites for hydroxylation is 3.